The molecule has 3 aromatic rings. The Balaban J connectivity index is 1.77. The third-order valence-electron chi connectivity index (χ3n) is 4.28. The second kappa shape index (κ2) is 8.99. The van der Waals surface area contributed by atoms with Crippen LogP contribution >= 0.6 is 11.6 Å². The zero-order valence-corrected chi connectivity index (χ0v) is 18.5. The second-order valence-electron chi connectivity index (χ2n) is 7.10. The van der Waals surface area contributed by atoms with Gasteiger partial charge in [0.15, 0.2) is 0 Å². The van der Waals surface area contributed by atoms with Gasteiger partial charge in [0.1, 0.15) is 5.15 Å². The molecule has 30 heavy (non-hydrogen) atoms. The van der Waals surface area contributed by atoms with Crippen LogP contribution in [0.15, 0.2) is 59.5 Å². The molecule has 1 heterocycles. The fourth-order valence-electron chi connectivity index (χ4n) is 2.97. The first-order valence-electron chi connectivity index (χ1n) is 9.39. The highest BCUT2D eigenvalue weighted by Gasteiger charge is 2.21. The Morgan fingerprint density at radius 3 is 2.50 bits per heavy atom. The van der Waals surface area contributed by atoms with E-state index in [1.165, 1.54) is 16.8 Å². The standard InChI is InChI=1S/C21H23ClN4O3S/c1-14(2)25-30(28,29)18-11-7-8-16(12-18)13-23-21(27)19-15(3)24-26(20(19)22)17-9-5-4-6-10-17/h4-12,14,25H,13H2,1-3H3,(H,23,27). The minimum Gasteiger partial charge on any atom is -0.348 e. The molecule has 0 aliphatic heterocycles. The number of carbonyl (C=O) groups excluding carboxylic acids is 1. The topological polar surface area (TPSA) is 93.1 Å². The number of hydrogen-bond donors (Lipinski definition) is 2. The molecule has 2 N–H and O–H groups in total. The van der Waals surface area contributed by atoms with Gasteiger partial charge in [-0.05, 0) is 50.6 Å². The third kappa shape index (κ3) is 4.89. The van der Waals surface area contributed by atoms with Crippen LogP contribution < -0.4 is 10.0 Å². The van der Waals surface area contributed by atoms with Gasteiger partial charge in [-0.25, -0.2) is 17.8 Å². The van der Waals surface area contributed by atoms with E-state index in [2.05, 4.69) is 15.1 Å². The number of aromatic nitrogens is 2. The molecule has 0 aliphatic carbocycles. The van der Waals surface area contributed by atoms with Gasteiger partial charge in [-0.2, -0.15) is 5.10 Å². The Bertz CT molecular complexity index is 1160. The number of sulfonamides is 1. The summed E-state index contributed by atoms with van der Waals surface area (Å²) in [4.78, 5) is 12.9. The maximum Gasteiger partial charge on any atom is 0.256 e. The summed E-state index contributed by atoms with van der Waals surface area (Å²) in [6, 6.07) is 15.5. The smallest absolute Gasteiger partial charge is 0.256 e. The number of halogens is 1. The molecule has 158 valence electrons. The number of nitrogens with zero attached hydrogens (tertiary/aromatic N) is 2. The highest BCUT2D eigenvalue weighted by molar-refractivity contribution is 7.89. The molecule has 0 unspecified atom stereocenters. The summed E-state index contributed by atoms with van der Waals surface area (Å²) in [5.74, 6) is -0.381. The van der Waals surface area contributed by atoms with Crippen LogP contribution in [-0.2, 0) is 16.6 Å². The normalized spacial score (nSPS) is 11.6. The number of para-hydroxylation sites is 1. The maximum atomic E-state index is 12.8. The van der Waals surface area contributed by atoms with Gasteiger partial charge >= 0.3 is 0 Å². The average molecular weight is 447 g/mol. The first-order valence-corrected chi connectivity index (χ1v) is 11.2. The van der Waals surface area contributed by atoms with E-state index >= 15 is 0 Å². The van der Waals surface area contributed by atoms with Gasteiger partial charge in [0.05, 0.1) is 21.8 Å². The summed E-state index contributed by atoms with van der Waals surface area (Å²) in [6.07, 6.45) is 0. The summed E-state index contributed by atoms with van der Waals surface area (Å²) in [5.41, 5.74) is 2.18. The lowest BCUT2D eigenvalue weighted by Crippen LogP contribution is -2.30. The molecule has 0 fully saturated rings. The highest BCUT2D eigenvalue weighted by atomic mass is 35.5. The van der Waals surface area contributed by atoms with Gasteiger partial charge in [0, 0.05) is 12.6 Å². The van der Waals surface area contributed by atoms with Crippen molar-refractivity contribution in [2.45, 2.75) is 38.3 Å². The van der Waals surface area contributed by atoms with Crippen LogP contribution in [0.3, 0.4) is 0 Å². The average Bonchev–Trinajstić information content (AvgIpc) is 3.00. The van der Waals surface area contributed by atoms with Gasteiger partial charge in [0.2, 0.25) is 10.0 Å². The number of nitrogens with one attached hydrogen (secondary N) is 2. The van der Waals surface area contributed by atoms with E-state index in [0.29, 0.717) is 11.3 Å². The quantitative estimate of drug-likeness (QED) is 0.581. The molecule has 0 radical (unpaired) electrons. The molecule has 0 atom stereocenters. The van der Waals surface area contributed by atoms with Gasteiger partial charge < -0.3 is 5.32 Å². The number of aryl methyl sites for hydroxylation is 1. The van der Waals surface area contributed by atoms with Crippen LogP contribution in [0.25, 0.3) is 5.69 Å². The minimum atomic E-state index is -3.61. The summed E-state index contributed by atoms with van der Waals surface area (Å²) in [7, 11) is -3.61. The molecule has 0 spiro atoms. The van der Waals surface area contributed by atoms with E-state index < -0.39 is 10.0 Å². The van der Waals surface area contributed by atoms with Gasteiger partial charge in [-0.3, -0.25) is 4.79 Å². The summed E-state index contributed by atoms with van der Waals surface area (Å²) in [6.45, 7) is 5.37. The molecule has 0 saturated carbocycles. The Hall–Kier alpha value is -2.68. The van der Waals surface area contributed by atoms with E-state index in [9.17, 15) is 13.2 Å². The SMILES string of the molecule is Cc1nn(-c2ccccc2)c(Cl)c1C(=O)NCc1cccc(S(=O)(=O)NC(C)C)c1. The monoisotopic (exact) mass is 446 g/mol. The Morgan fingerprint density at radius 2 is 1.83 bits per heavy atom. The van der Waals surface area contributed by atoms with Crippen LogP contribution in [0.5, 0.6) is 0 Å². The number of benzene rings is 2. The lowest BCUT2D eigenvalue weighted by molar-refractivity contribution is 0.0950. The molecule has 0 saturated heterocycles. The molecule has 7 nitrogen and oxygen atoms in total. The number of rotatable bonds is 7. The van der Waals surface area contributed by atoms with E-state index in [-0.39, 0.29) is 34.1 Å². The number of carbonyl (C=O) groups is 1. The molecule has 1 amide bonds. The Kier molecular flexibility index (Phi) is 6.60. The van der Waals surface area contributed by atoms with E-state index in [1.807, 2.05) is 30.3 Å². The maximum absolute atomic E-state index is 12.8. The van der Waals surface area contributed by atoms with Crippen LogP contribution in [-0.4, -0.2) is 30.1 Å². The summed E-state index contributed by atoms with van der Waals surface area (Å²) >= 11 is 6.43. The van der Waals surface area contributed by atoms with Crippen molar-refractivity contribution in [1.82, 2.24) is 19.8 Å². The molecule has 3 rings (SSSR count). The zero-order chi connectivity index (χ0) is 21.9. The fourth-order valence-corrected chi connectivity index (χ4v) is 4.65. The van der Waals surface area contributed by atoms with Crippen molar-refractivity contribution in [3.63, 3.8) is 0 Å². The van der Waals surface area contributed by atoms with Gasteiger partial charge in [-0.15, -0.1) is 0 Å². The fraction of sp³-hybridized carbons (Fsp3) is 0.238. The Labute approximate surface area is 181 Å². The molecule has 2 aromatic carbocycles. The van der Waals surface area contributed by atoms with Crippen molar-refractivity contribution in [1.29, 1.82) is 0 Å². The van der Waals surface area contributed by atoms with Crippen molar-refractivity contribution in [2.24, 2.45) is 0 Å². The largest absolute Gasteiger partial charge is 0.348 e. The van der Waals surface area contributed by atoms with E-state index in [4.69, 9.17) is 11.6 Å². The van der Waals surface area contributed by atoms with Gasteiger partial charge in [0.25, 0.3) is 5.91 Å². The van der Waals surface area contributed by atoms with Crippen molar-refractivity contribution in [2.75, 3.05) is 0 Å². The highest BCUT2D eigenvalue weighted by Crippen LogP contribution is 2.23. The van der Waals surface area contributed by atoms with Crippen LogP contribution in [0, 0.1) is 6.92 Å². The molecule has 0 aliphatic rings. The molecule has 0 bridgehead atoms. The van der Waals surface area contributed by atoms with Crippen molar-refractivity contribution in [3.05, 3.63) is 76.6 Å². The van der Waals surface area contributed by atoms with E-state index in [1.54, 1.807) is 32.9 Å². The first-order chi connectivity index (χ1) is 14.2. The van der Waals surface area contributed by atoms with Crippen molar-refractivity contribution < 1.29 is 13.2 Å². The predicted molar refractivity (Wildman–Crippen MR) is 116 cm³/mol. The molecular weight excluding hydrogens is 424 g/mol. The van der Waals surface area contributed by atoms with Crippen molar-refractivity contribution >= 4 is 27.5 Å². The lowest BCUT2D eigenvalue weighted by Gasteiger charge is -2.11. The summed E-state index contributed by atoms with van der Waals surface area (Å²) in [5, 5.41) is 7.37. The van der Waals surface area contributed by atoms with E-state index in [0.717, 1.165) is 5.69 Å². The van der Waals surface area contributed by atoms with Crippen LogP contribution in [0.2, 0.25) is 5.15 Å². The van der Waals surface area contributed by atoms with Crippen LogP contribution in [0.1, 0.15) is 35.5 Å². The molecule has 9 heteroatoms. The molecular formula is C21H23ClN4O3S. The summed E-state index contributed by atoms with van der Waals surface area (Å²) < 4.78 is 28.8. The Morgan fingerprint density at radius 1 is 1.13 bits per heavy atom. The molecule has 1 aromatic heterocycles. The first kappa shape index (κ1) is 22.0. The third-order valence-corrected chi connectivity index (χ3v) is 6.29. The minimum absolute atomic E-state index is 0.147. The second-order valence-corrected chi connectivity index (χ2v) is 9.18. The zero-order valence-electron chi connectivity index (χ0n) is 16.9. The predicted octanol–water partition coefficient (Wildman–Crippen LogP) is 3.45. The lowest BCUT2D eigenvalue weighted by atomic mass is 10.2. The van der Waals surface area contributed by atoms with Gasteiger partial charge in [-0.1, -0.05) is 41.9 Å². The number of hydrogen-bond acceptors (Lipinski definition) is 4. The van der Waals surface area contributed by atoms with Crippen molar-refractivity contribution in [3.8, 4) is 5.69 Å². The number of amides is 1. The van der Waals surface area contributed by atoms with Crippen LogP contribution in [0.4, 0.5) is 0 Å².